The molecule has 0 amide bonds. The van der Waals surface area contributed by atoms with Crippen molar-refractivity contribution in [3.05, 3.63) is 70.6 Å². The number of ketones is 1. The summed E-state index contributed by atoms with van der Waals surface area (Å²) in [6, 6.07) is 8.29. The van der Waals surface area contributed by atoms with E-state index < -0.39 is 17.1 Å². The van der Waals surface area contributed by atoms with E-state index in [-0.39, 0.29) is 40.5 Å². The summed E-state index contributed by atoms with van der Waals surface area (Å²) in [6.07, 6.45) is 7.70. The first-order valence-electron chi connectivity index (χ1n) is 15.4. The van der Waals surface area contributed by atoms with Crippen LogP contribution in [0.4, 0.5) is 4.39 Å². The fourth-order valence-electron chi connectivity index (χ4n) is 9.44. The molecule has 2 N–H and O–H groups in total. The number of fused-ring (bicyclic) bond motifs is 6. The van der Waals surface area contributed by atoms with Crippen LogP contribution in [0.25, 0.3) is 11.8 Å². The highest BCUT2D eigenvalue weighted by Gasteiger charge is 2.68. The Morgan fingerprint density at radius 2 is 1.86 bits per heavy atom. The minimum Gasteiger partial charge on any atom is -0.393 e. The molecule has 4 aliphatic carbocycles. The van der Waals surface area contributed by atoms with Crippen molar-refractivity contribution in [2.75, 3.05) is 5.75 Å². The molecule has 3 saturated carbocycles. The van der Waals surface area contributed by atoms with E-state index in [2.05, 4.69) is 28.1 Å². The van der Waals surface area contributed by atoms with Crippen LogP contribution in [0.15, 0.2) is 47.3 Å². The van der Waals surface area contributed by atoms with Crippen molar-refractivity contribution < 1.29 is 19.4 Å². The lowest BCUT2D eigenvalue weighted by Gasteiger charge is -2.60. The minimum atomic E-state index is -1.48. The van der Waals surface area contributed by atoms with Gasteiger partial charge in [0.2, 0.25) is 0 Å². The largest absolute Gasteiger partial charge is 0.393 e. The predicted molar refractivity (Wildman–Crippen MR) is 163 cm³/mol. The topological polar surface area (TPSA) is 101 Å². The first kappa shape index (κ1) is 28.9. The maximum Gasteiger partial charge on any atom is 0.188 e. The average Bonchev–Trinajstić information content (AvgIpc) is 3.47. The number of allylic oxidation sites excluding steroid dienone is 1. The van der Waals surface area contributed by atoms with Gasteiger partial charge in [0.25, 0.3) is 0 Å². The Morgan fingerprint density at radius 3 is 2.58 bits per heavy atom. The number of halogens is 1. The first-order chi connectivity index (χ1) is 20.4. The van der Waals surface area contributed by atoms with Crippen molar-refractivity contribution in [3.8, 4) is 5.69 Å². The van der Waals surface area contributed by atoms with Gasteiger partial charge in [-0.1, -0.05) is 31.2 Å². The molecule has 0 bridgehead atoms. The van der Waals surface area contributed by atoms with Crippen LogP contribution >= 0.6 is 11.8 Å². The number of carbonyl (C=O) groups is 1. The van der Waals surface area contributed by atoms with Gasteiger partial charge in [0.05, 0.1) is 29.4 Å². The van der Waals surface area contributed by atoms with Gasteiger partial charge in [-0.05, 0) is 118 Å². The molecule has 0 spiro atoms. The summed E-state index contributed by atoms with van der Waals surface area (Å²) < 4.78 is 15.5. The number of thioether (sulfide) groups is 1. The lowest BCUT2D eigenvalue weighted by Crippen LogP contribution is -2.62. The number of benzene rings is 1. The molecule has 7 unspecified atom stereocenters. The van der Waals surface area contributed by atoms with E-state index in [1.807, 2.05) is 37.7 Å². The van der Waals surface area contributed by atoms with E-state index in [1.165, 1.54) is 29.5 Å². The van der Waals surface area contributed by atoms with E-state index in [9.17, 15) is 19.4 Å². The summed E-state index contributed by atoms with van der Waals surface area (Å²) in [5.41, 5.74) is 3.58. The maximum atomic E-state index is 13.8. The fourth-order valence-corrected chi connectivity index (χ4v) is 10.4. The number of hydrogen-bond donors (Lipinski definition) is 2. The van der Waals surface area contributed by atoms with Gasteiger partial charge in [0.15, 0.2) is 10.9 Å². The van der Waals surface area contributed by atoms with Gasteiger partial charge in [-0.25, -0.2) is 19.0 Å². The van der Waals surface area contributed by atoms with Crippen LogP contribution in [0, 0.1) is 48.2 Å². The van der Waals surface area contributed by atoms with Gasteiger partial charge in [0, 0.05) is 16.8 Å². The van der Waals surface area contributed by atoms with Crippen LogP contribution in [0.3, 0.4) is 0 Å². The normalized spacial score (nSPS) is 34.5. The van der Waals surface area contributed by atoms with E-state index in [4.69, 9.17) is 0 Å². The zero-order valence-electron chi connectivity index (χ0n) is 25.2. The highest BCUT2D eigenvalue weighted by Crippen LogP contribution is 2.67. The highest BCUT2D eigenvalue weighted by molar-refractivity contribution is 7.99. The molecule has 0 aliphatic heterocycles. The molecule has 7 atom stereocenters. The Kier molecular flexibility index (Phi) is 6.76. The number of rotatable bonds is 5. The Balaban J connectivity index is 1.15. The lowest BCUT2D eigenvalue weighted by atomic mass is 9.45. The molecular weight excluding hydrogens is 563 g/mol. The Labute approximate surface area is 256 Å². The van der Waals surface area contributed by atoms with Crippen LogP contribution in [-0.4, -0.2) is 53.2 Å². The van der Waals surface area contributed by atoms with E-state index >= 15 is 0 Å². The summed E-state index contributed by atoms with van der Waals surface area (Å²) in [7, 11) is 0. The predicted octanol–water partition coefficient (Wildman–Crippen LogP) is 5.66. The number of aromatic nitrogens is 4. The summed E-state index contributed by atoms with van der Waals surface area (Å²) >= 11 is 1.28. The van der Waals surface area contributed by atoms with Crippen molar-refractivity contribution in [1.82, 2.24) is 19.7 Å². The molecule has 9 heteroatoms. The van der Waals surface area contributed by atoms with Crippen LogP contribution < -0.4 is 0 Å². The number of Topliss-reactive ketones (excluding diaryl/α,β-unsaturated/α-hetero) is 1. The quantitative estimate of drug-likeness (QED) is 0.287. The zero-order valence-corrected chi connectivity index (χ0v) is 26.0. The molecule has 2 aromatic heterocycles. The van der Waals surface area contributed by atoms with Gasteiger partial charge >= 0.3 is 0 Å². The highest BCUT2D eigenvalue weighted by atomic mass is 32.2. The summed E-state index contributed by atoms with van der Waals surface area (Å²) in [5.74, 6) is 0.0392. The second-order valence-corrected chi connectivity index (χ2v) is 14.7. The summed E-state index contributed by atoms with van der Waals surface area (Å²) in [6.45, 7) is 8.14. The maximum absolute atomic E-state index is 13.8. The molecule has 2 heterocycles. The second-order valence-electron chi connectivity index (χ2n) is 13.8. The van der Waals surface area contributed by atoms with Crippen LogP contribution in [-0.2, 0) is 11.2 Å². The number of aliphatic hydroxyl groups is 2. The monoisotopic (exact) mass is 602 g/mol. The number of nitrogens with zero attached hydrogens (tertiary/aromatic N) is 4. The lowest BCUT2D eigenvalue weighted by molar-refractivity contribution is -0.177. The van der Waals surface area contributed by atoms with Crippen molar-refractivity contribution >= 4 is 23.6 Å². The van der Waals surface area contributed by atoms with Crippen molar-refractivity contribution in [2.45, 2.75) is 83.1 Å². The van der Waals surface area contributed by atoms with Crippen LogP contribution in [0.5, 0.6) is 0 Å². The van der Waals surface area contributed by atoms with E-state index in [1.54, 1.807) is 12.1 Å². The fraction of sp³-hybridized carbons (Fsp3) is 0.529. The average molecular weight is 603 g/mol. The summed E-state index contributed by atoms with van der Waals surface area (Å²) in [5, 5.41) is 29.3. The molecule has 0 saturated heterocycles. The van der Waals surface area contributed by atoms with Crippen molar-refractivity contribution in [1.29, 1.82) is 0 Å². The summed E-state index contributed by atoms with van der Waals surface area (Å²) in [4.78, 5) is 22.7. The van der Waals surface area contributed by atoms with Gasteiger partial charge in [-0.3, -0.25) is 4.79 Å². The van der Waals surface area contributed by atoms with Gasteiger partial charge in [-0.2, -0.15) is 5.10 Å². The standard InChI is InChI=1S/C34H39FN4O3S/c1-19-13-20(2)38-31(37-19)43-18-29(41)34(42)12-11-26-25-10-5-22-14-27-21(17-36-39(27)24-8-6-23(35)7-9-24)15-32(22,3)30(25)28(40)16-33(26,34)4/h6-9,13-14,17,25-26,28,30,40,42H,5,10-12,15-16,18H2,1-4H3. The van der Waals surface area contributed by atoms with Gasteiger partial charge in [-0.15, -0.1) is 0 Å². The minimum absolute atomic E-state index is 0.0309. The Hall–Kier alpha value is -2.88. The number of aryl methyl sites for hydroxylation is 2. The number of carbonyl (C=O) groups excluding carboxylic acids is 1. The molecule has 3 fully saturated rings. The molecular formula is C34H39FN4O3S. The molecule has 3 aromatic rings. The van der Waals surface area contributed by atoms with Crippen molar-refractivity contribution in [3.63, 3.8) is 0 Å². The SMILES string of the molecule is Cc1cc(C)nc(SCC(=O)C2(O)CCC3C4CCC5=Cc6c(cnn6-c6ccc(F)cc6)CC5(C)C4C(O)CC32C)n1. The number of aliphatic hydroxyl groups excluding tert-OH is 1. The molecule has 1 aromatic carbocycles. The van der Waals surface area contributed by atoms with Crippen molar-refractivity contribution in [2.24, 2.45) is 28.6 Å². The van der Waals surface area contributed by atoms with E-state index in [0.717, 1.165) is 54.0 Å². The molecule has 7 rings (SSSR count). The van der Waals surface area contributed by atoms with Gasteiger partial charge < -0.3 is 10.2 Å². The van der Waals surface area contributed by atoms with Crippen LogP contribution in [0.1, 0.15) is 68.6 Å². The van der Waals surface area contributed by atoms with Crippen LogP contribution in [0.2, 0.25) is 0 Å². The second kappa shape index (κ2) is 10.1. The third-order valence-corrected chi connectivity index (χ3v) is 12.3. The Bertz CT molecular complexity index is 1620. The molecule has 4 aliphatic rings. The molecule has 7 nitrogen and oxygen atoms in total. The smallest absolute Gasteiger partial charge is 0.188 e. The zero-order chi connectivity index (χ0) is 30.3. The molecule has 226 valence electrons. The first-order valence-corrected chi connectivity index (χ1v) is 16.3. The van der Waals surface area contributed by atoms with Gasteiger partial charge in [0.1, 0.15) is 11.4 Å². The molecule has 43 heavy (non-hydrogen) atoms. The van der Waals surface area contributed by atoms with E-state index in [0.29, 0.717) is 18.0 Å². The third kappa shape index (κ3) is 4.37. The number of hydrogen-bond acceptors (Lipinski definition) is 7. The third-order valence-electron chi connectivity index (χ3n) is 11.4. The Morgan fingerprint density at radius 1 is 1.14 bits per heavy atom. The molecule has 0 radical (unpaired) electrons.